The number of aromatic nitrogens is 2. The molecule has 16 heavy (non-hydrogen) atoms. The lowest BCUT2D eigenvalue weighted by Gasteiger charge is -1.98. The Balaban J connectivity index is 2.39. The molecule has 0 saturated heterocycles. The molecule has 0 amide bonds. The first-order chi connectivity index (χ1) is 7.72. The zero-order chi connectivity index (χ0) is 11.5. The van der Waals surface area contributed by atoms with Crippen molar-refractivity contribution < 1.29 is 8.91 Å². The fourth-order valence-electron chi connectivity index (χ4n) is 1.26. The highest BCUT2D eigenvalue weighted by Gasteiger charge is 2.14. The Morgan fingerprint density at radius 2 is 2.25 bits per heavy atom. The predicted molar refractivity (Wildman–Crippen MR) is 60.2 cm³/mol. The summed E-state index contributed by atoms with van der Waals surface area (Å²) < 4.78 is 19.0. The smallest absolute Gasteiger partial charge is 0.260 e. The van der Waals surface area contributed by atoms with E-state index in [1.54, 1.807) is 18.2 Å². The van der Waals surface area contributed by atoms with Crippen molar-refractivity contribution in [2.45, 2.75) is 6.42 Å². The third-order valence-corrected chi connectivity index (χ3v) is 2.63. The van der Waals surface area contributed by atoms with Gasteiger partial charge in [-0.05, 0) is 34.6 Å². The van der Waals surface area contributed by atoms with E-state index in [1.807, 2.05) is 0 Å². The van der Waals surface area contributed by atoms with E-state index in [9.17, 15) is 4.39 Å². The van der Waals surface area contributed by atoms with Gasteiger partial charge in [0, 0.05) is 6.42 Å². The average molecular weight is 286 g/mol. The van der Waals surface area contributed by atoms with Crippen LogP contribution in [0.15, 0.2) is 27.2 Å². The van der Waals surface area contributed by atoms with Gasteiger partial charge in [0.25, 0.3) is 5.89 Å². The summed E-state index contributed by atoms with van der Waals surface area (Å²) >= 11 is 3.10. The minimum absolute atomic E-state index is 0.169. The Kier molecular flexibility index (Phi) is 3.31. The maximum Gasteiger partial charge on any atom is 0.260 e. The number of benzene rings is 1. The summed E-state index contributed by atoms with van der Waals surface area (Å²) in [5.41, 5.74) is 5.64. The highest BCUT2D eigenvalue weighted by Crippen LogP contribution is 2.26. The first kappa shape index (κ1) is 11.2. The Hall–Kier alpha value is -1.27. The van der Waals surface area contributed by atoms with Gasteiger partial charge in [-0.3, -0.25) is 0 Å². The third kappa shape index (κ3) is 2.12. The van der Waals surface area contributed by atoms with Crippen molar-refractivity contribution in [1.29, 1.82) is 0 Å². The van der Waals surface area contributed by atoms with E-state index in [-0.39, 0.29) is 11.5 Å². The Labute approximate surface area is 99.8 Å². The van der Waals surface area contributed by atoms with Crippen LogP contribution in [0.25, 0.3) is 11.5 Å². The van der Waals surface area contributed by atoms with Crippen LogP contribution < -0.4 is 5.73 Å². The Morgan fingerprint density at radius 3 is 3.00 bits per heavy atom. The maximum atomic E-state index is 13.7. The zero-order valence-corrected chi connectivity index (χ0v) is 9.87. The second-order valence-electron chi connectivity index (χ2n) is 3.16. The zero-order valence-electron chi connectivity index (χ0n) is 8.28. The molecular formula is C10H9BrFN3O. The molecular weight excluding hydrogens is 277 g/mol. The summed E-state index contributed by atoms with van der Waals surface area (Å²) in [6, 6.07) is 4.89. The molecule has 1 heterocycles. The van der Waals surface area contributed by atoms with Gasteiger partial charge in [-0.25, -0.2) is 4.39 Å². The third-order valence-electron chi connectivity index (χ3n) is 2.02. The molecule has 0 unspecified atom stereocenters. The van der Waals surface area contributed by atoms with Crippen molar-refractivity contribution in [3.05, 3.63) is 34.3 Å². The van der Waals surface area contributed by atoms with Crippen LogP contribution >= 0.6 is 15.9 Å². The van der Waals surface area contributed by atoms with E-state index in [2.05, 4.69) is 26.1 Å². The van der Waals surface area contributed by atoms with Gasteiger partial charge < -0.3 is 10.3 Å². The van der Waals surface area contributed by atoms with Gasteiger partial charge in [0.1, 0.15) is 5.82 Å². The van der Waals surface area contributed by atoms with Crippen LogP contribution in [-0.4, -0.2) is 16.7 Å². The number of nitrogens with two attached hydrogens (primary N) is 1. The number of rotatable bonds is 3. The molecule has 1 aromatic heterocycles. The highest BCUT2D eigenvalue weighted by atomic mass is 79.9. The molecule has 0 saturated carbocycles. The Morgan fingerprint density at radius 1 is 1.44 bits per heavy atom. The summed E-state index contributed by atoms with van der Waals surface area (Å²) in [4.78, 5) is 4.05. The number of hydrogen-bond acceptors (Lipinski definition) is 4. The monoisotopic (exact) mass is 285 g/mol. The SMILES string of the molecule is NCCc1noc(-c2cccc(Br)c2F)n1. The van der Waals surface area contributed by atoms with Crippen molar-refractivity contribution in [3.63, 3.8) is 0 Å². The molecule has 2 aromatic rings. The van der Waals surface area contributed by atoms with Crippen LogP contribution in [0.3, 0.4) is 0 Å². The fraction of sp³-hybridized carbons (Fsp3) is 0.200. The topological polar surface area (TPSA) is 64.9 Å². The highest BCUT2D eigenvalue weighted by molar-refractivity contribution is 9.10. The molecule has 4 nitrogen and oxygen atoms in total. The second-order valence-corrected chi connectivity index (χ2v) is 4.01. The van der Waals surface area contributed by atoms with E-state index < -0.39 is 5.82 Å². The lowest BCUT2D eigenvalue weighted by atomic mass is 10.2. The normalized spacial score (nSPS) is 10.7. The summed E-state index contributed by atoms with van der Waals surface area (Å²) in [5, 5.41) is 3.71. The number of hydrogen-bond donors (Lipinski definition) is 1. The minimum Gasteiger partial charge on any atom is -0.334 e. The van der Waals surface area contributed by atoms with Crippen LogP contribution in [0.4, 0.5) is 4.39 Å². The maximum absolute atomic E-state index is 13.7. The van der Waals surface area contributed by atoms with Gasteiger partial charge in [-0.15, -0.1) is 0 Å². The molecule has 0 atom stereocenters. The molecule has 84 valence electrons. The van der Waals surface area contributed by atoms with Crippen LogP contribution in [0.5, 0.6) is 0 Å². The first-order valence-corrected chi connectivity index (χ1v) is 5.48. The van der Waals surface area contributed by atoms with Crippen LogP contribution in [0, 0.1) is 5.82 Å². The molecule has 0 bridgehead atoms. The van der Waals surface area contributed by atoms with Crippen LogP contribution in [-0.2, 0) is 6.42 Å². The van der Waals surface area contributed by atoms with Gasteiger partial charge in [-0.1, -0.05) is 11.2 Å². The van der Waals surface area contributed by atoms with E-state index in [1.165, 1.54) is 0 Å². The molecule has 2 N–H and O–H groups in total. The number of halogens is 2. The molecule has 2 rings (SSSR count). The van der Waals surface area contributed by atoms with Crippen molar-refractivity contribution in [2.24, 2.45) is 5.73 Å². The van der Waals surface area contributed by atoms with Crippen molar-refractivity contribution in [1.82, 2.24) is 10.1 Å². The van der Waals surface area contributed by atoms with Crippen molar-refractivity contribution >= 4 is 15.9 Å². The van der Waals surface area contributed by atoms with E-state index in [0.29, 0.717) is 23.3 Å². The fourth-order valence-corrected chi connectivity index (χ4v) is 1.63. The molecule has 0 aliphatic carbocycles. The molecule has 0 fully saturated rings. The largest absolute Gasteiger partial charge is 0.334 e. The average Bonchev–Trinajstić information content (AvgIpc) is 2.71. The second kappa shape index (κ2) is 4.71. The van der Waals surface area contributed by atoms with Gasteiger partial charge in [0.2, 0.25) is 0 Å². The molecule has 0 spiro atoms. The van der Waals surface area contributed by atoms with Gasteiger partial charge in [0.05, 0.1) is 10.0 Å². The van der Waals surface area contributed by atoms with E-state index in [0.717, 1.165) is 0 Å². The summed E-state index contributed by atoms with van der Waals surface area (Å²) in [6.07, 6.45) is 0.513. The quantitative estimate of drug-likeness (QED) is 0.938. The predicted octanol–water partition coefficient (Wildman–Crippen LogP) is 2.14. The van der Waals surface area contributed by atoms with Crippen LogP contribution in [0.2, 0.25) is 0 Å². The van der Waals surface area contributed by atoms with Gasteiger partial charge in [-0.2, -0.15) is 4.98 Å². The van der Waals surface area contributed by atoms with Crippen LogP contribution in [0.1, 0.15) is 5.82 Å². The lowest BCUT2D eigenvalue weighted by molar-refractivity contribution is 0.420. The standard InChI is InChI=1S/C10H9BrFN3O/c11-7-3-1-2-6(9(7)12)10-14-8(4-5-13)15-16-10/h1-3H,4-5,13H2. The van der Waals surface area contributed by atoms with Crippen molar-refractivity contribution in [3.8, 4) is 11.5 Å². The van der Waals surface area contributed by atoms with E-state index >= 15 is 0 Å². The van der Waals surface area contributed by atoms with Gasteiger partial charge >= 0.3 is 0 Å². The van der Waals surface area contributed by atoms with E-state index in [4.69, 9.17) is 10.3 Å². The van der Waals surface area contributed by atoms with Gasteiger partial charge in [0.15, 0.2) is 5.82 Å². The molecule has 0 radical (unpaired) electrons. The molecule has 0 aliphatic heterocycles. The summed E-state index contributed by atoms with van der Waals surface area (Å²) in [7, 11) is 0. The summed E-state index contributed by atoms with van der Waals surface area (Å²) in [6.45, 7) is 0.430. The molecule has 6 heteroatoms. The molecule has 1 aromatic carbocycles. The summed E-state index contributed by atoms with van der Waals surface area (Å²) in [5.74, 6) is 0.240. The van der Waals surface area contributed by atoms with Crippen molar-refractivity contribution in [2.75, 3.05) is 6.54 Å². The number of nitrogens with zero attached hydrogens (tertiary/aromatic N) is 2. The minimum atomic E-state index is -0.412. The Bertz CT molecular complexity index is 501. The molecule has 0 aliphatic rings. The first-order valence-electron chi connectivity index (χ1n) is 4.69. The lowest BCUT2D eigenvalue weighted by Crippen LogP contribution is -2.03.